The molecule has 0 saturated carbocycles. The number of carbonyl (C=O) groups is 4. The van der Waals surface area contributed by atoms with E-state index in [1.54, 1.807) is 36.4 Å². The van der Waals surface area contributed by atoms with Gasteiger partial charge in [0.1, 0.15) is 4.88 Å². The lowest BCUT2D eigenvalue weighted by Gasteiger charge is -2.08. The van der Waals surface area contributed by atoms with Gasteiger partial charge in [0.05, 0.1) is 11.3 Å². The van der Waals surface area contributed by atoms with Crippen molar-refractivity contribution in [3.63, 3.8) is 0 Å². The predicted octanol–water partition coefficient (Wildman–Crippen LogP) is 4.62. The fraction of sp³-hybridized carbons (Fsp3) is 0.217. The maximum Gasteiger partial charge on any atom is 0.348 e. The summed E-state index contributed by atoms with van der Waals surface area (Å²) in [4.78, 5) is 48.6. The molecule has 2 N–H and O–H groups in total. The van der Waals surface area contributed by atoms with Gasteiger partial charge in [0, 0.05) is 17.7 Å². The van der Waals surface area contributed by atoms with Crippen molar-refractivity contribution < 1.29 is 28.3 Å². The lowest BCUT2D eigenvalue weighted by Crippen LogP contribution is -2.15. The molecule has 0 aliphatic carbocycles. The summed E-state index contributed by atoms with van der Waals surface area (Å²) in [5, 5.41) is 5.83. The molecule has 0 fully saturated rings. The van der Waals surface area contributed by atoms with E-state index in [0.717, 1.165) is 11.3 Å². The van der Waals surface area contributed by atoms with Gasteiger partial charge in [0.25, 0.3) is 5.91 Å². The second kappa shape index (κ2) is 10.5. The molecule has 8 nitrogen and oxygen atoms in total. The standard InChI is InChI=1S/C23H22N2O6S/c1-14(2)12-20(27)24-16-7-5-15(6-8-16)17(26)13-31-23(29)19-9-10-21(32-19)25-22(28)18-4-3-11-30-18/h3-11,14H,12-13H2,1-2H3,(H,24,27)(H,25,28). The van der Waals surface area contributed by atoms with Crippen molar-refractivity contribution in [3.8, 4) is 0 Å². The minimum Gasteiger partial charge on any atom is -0.459 e. The van der Waals surface area contributed by atoms with Crippen LogP contribution >= 0.6 is 11.3 Å². The quantitative estimate of drug-likeness (QED) is 0.360. The summed E-state index contributed by atoms with van der Waals surface area (Å²) in [7, 11) is 0. The van der Waals surface area contributed by atoms with Crippen LogP contribution in [0.4, 0.5) is 10.7 Å². The van der Waals surface area contributed by atoms with Gasteiger partial charge in [0.2, 0.25) is 5.91 Å². The second-order valence-electron chi connectivity index (χ2n) is 7.32. The molecule has 9 heteroatoms. The molecule has 0 spiro atoms. The van der Waals surface area contributed by atoms with Crippen LogP contribution in [0.5, 0.6) is 0 Å². The van der Waals surface area contributed by atoms with Crippen LogP contribution in [-0.2, 0) is 9.53 Å². The highest BCUT2D eigenvalue weighted by Gasteiger charge is 2.16. The van der Waals surface area contributed by atoms with Crippen LogP contribution < -0.4 is 10.6 Å². The largest absolute Gasteiger partial charge is 0.459 e. The van der Waals surface area contributed by atoms with Crippen molar-refractivity contribution in [2.45, 2.75) is 20.3 Å². The van der Waals surface area contributed by atoms with Crippen molar-refractivity contribution in [1.82, 2.24) is 0 Å². The van der Waals surface area contributed by atoms with Crippen LogP contribution in [0.3, 0.4) is 0 Å². The lowest BCUT2D eigenvalue weighted by atomic mass is 10.1. The molecular weight excluding hydrogens is 432 g/mol. The number of benzene rings is 1. The molecule has 0 aliphatic heterocycles. The van der Waals surface area contributed by atoms with Crippen LogP contribution in [0.1, 0.15) is 50.9 Å². The highest BCUT2D eigenvalue weighted by Crippen LogP contribution is 2.23. The smallest absolute Gasteiger partial charge is 0.348 e. The Kier molecular flexibility index (Phi) is 7.56. The molecule has 2 amide bonds. The van der Waals surface area contributed by atoms with Gasteiger partial charge in [-0.3, -0.25) is 14.4 Å². The summed E-state index contributed by atoms with van der Waals surface area (Å²) in [5.74, 6) is -1.17. The van der Waals surface area contributed by atoms with Gasteiger partial charge in [-0.25, -0.2) is 4.79 Å². The first-order chi connectivity index (χ1) is 15.3. The van der Waals surface area contributed by atoms with Crippen LogP contribution in [0.25, 0.3) is 0 Å². The van der Waals surface area contributed by atoms with E-state index >= 15 is 0 Å². The second-order valence-corrected chi connectivity index (χ2v) is 8.40. The van der Waals surface area contributed by atoms with Crippen LogP contribution in [0.15, 0.2) is 59.2 Å². The SMILES string of the molecule is CC(C)CC(=O)Nc1ccc(C(=O)COC(=O)c2ccc(NC(=O)c3ccco3)s2)cc1. The molecule has 0 radical (unpaired) electrons. The topological polar surface area (TPSA) is 115 Å². The molecule has 2 aromatic heterocycles. The molecule has 32 heavy (non-hydrogen) atoms. The Labute approximate surface area is 188 Å². The van der Waals surface area contributed by atoms with Crippen molar-refractivity contribution >= 4 is 45.6 Å². The first-order valence-corrected chi connectivity index (χ1v) is 10.7. The van der Waals surface area contributed by atoms with E-state index in [4.69, 9.17) is 9.15 Å². The minimum atomic E-state index is -0.667. The number of anilines is 2. The lowest BCUT2D eigenvalue weighted by molar-refractivity contribution is -0.116. The van der Waals surface area contributed by atoms with Gasteiger partial charge in [-0.1, -0.05) is 13.8 Å². The fourth-order valence-electron chi connectivity index (χ4n) is 2.70. The summed E-state index contributed by atoms with van der Waals surface area (Å²) < 4.78 is 10.1. The Hall–Kier alpha value is -3.72. The summed E-state index contributed by atoms with van der Waals surface area (Å²) >= 11 is 1.03. The minimum absolute atomic E-state index is 0.0938. The van der Waals surface area contributed by atoms with E-state index in [1.165, 1.54) is 18.4 Å². The average molecular weight is 455 g/mol. The number of ketones is 1. The van der Waals surface area contributed by atoms with Crippen LogP contribution in [-0.4, -0.2) is 30.2 Å². The summed E-state index contributed by atoms with van der Waals surface area (Å²) in [6.07, 6.45) is 1.80. The molecule has 0 atom stereocenters. The number of amides is 2. The number of furan rings is 1. The molecule has 3 rings (SSSR count). The van der Waals surface area contributed by atoms with E-state index in [9.17, 15) is 19.2 Å². The molecule has 0 saturated heterocycles. The molecule has 3 aromatic rings. The zero-order valence-electron chi connectivity index (χ0n) is 17.5. The van der Waals surface area contributed by atoms with Gasteiger partial charge in [0.15, 0.2) is 18.2 Å². The number of hydrogen-bond donors (Lipinski definition) is 2. The Balaban J connectivity index is 1.49. The maximum atomic E-state index is 12.3. The summed E-state index contributed by atoms with van der Waals surface area (Å²) in [5.41, 5.74) is 0.948. The zero-order chi connectivity index (χ0) is 23.1. The van der Waals surface area contributed by atoms with E-state index in [0.29, 0.717) is 22.7 Å². The Morgan fingerprint density at radius 1 is 1.00 bits per heavy atom. The first kappa shape index (κ1) is 23.0. The van der Waals surface area contributed by atoms with E-state index < -0.39 is 18.5 Å². The number of nitrogens with one attached hydrogen (secondary N) is 2. The number of esters is 1. The third-order valence-electron chi connectivity index (χ3n) is 4.21. The van der Waals surface area contributed by atoms with Gasteiger partial charge >= 0.3 is 5.97 Å². The molecule has 0 aliphatic rings. The highest BCUT2D eigenvalue weighted by molar-refractivity contribution is 7.18. The highest BCUT2D eigenvalue weighted by atomic mass is 32.1. The first-order valence-electron chi connectivity index (χ1n) is 9.86. The monoisotopic (exact) mass is 454 g/mol. The normalized spacial score (nSPS) is 10.6. The van der Waals surface area contributed by atoms with Gasteiger partial charge < -0.3 is 19.8 Å². The van der Waals surface area contributed by atoms with Crippen LogP contribution in [0.2, 0.25) is 0 Å². The maximum absolute atomic E-state index is 12.3. The summed E-state index contributed by atoms with van der Waals surface area (Å²) in [6, 6.07) is 12.6. The Morgan fingerprint density at radius 3 is 2.41 bits per heavy atom. The number of thiophene rings is 1. The molecule has 166 valence electrons. The number of ether oxygens (including phenoxy) is 1. The fourth-order valence-corrected chi connectivity index (χ4v) is 3.50. The molecule has 2 heterocycles. The zero-order valence-corrected chi connectivity index (χ0v) is 18.4. The molecular formula is C23H22N2O6S. The van der Waals surface area contributed by atoms with Crippen molar-refractivity contribution in [3.05, 3.63) is 71.0 Å². The number of hydrogen-bond acceptors (Lipinski definition) is 7. The van der Waals surface area contributed by atoms with Crippen LogP contribution in [0, 0.1) is 5.92 Å². The van der Waals surface area contributed by atoms with E-state index in [1.807, 2.05) is 13.8 Å². The van der Waals surface area contributed by atoms with Crippen molar-refractivity contribution in [2.75, 3.05) is 17.2 Å². The number of rotatable bonds is 9. The summed E-state index contributed by atoms with van der Waals surface area (Å²) in [6.45, 7) is 3.48. The van der Waals surface area contributed by atoms with Crippen molar-refractivity contribution in [2.24, 2.45) is 5.92 Å². The van der Waals surface area contributed by atoms with E-state index in [-0.39, 0.29) is 28.2 Å². The third kappa shape index (κ3) is 6.39. The molecule has 1 aromatic carbocycles. The predicted molar refractivity (Wildman–Crippen MR) is 120 cm³/mol. The van der Waals surface area contributed by atoms with E-state index in [2.05, 4.69) is 10.6 Å². The molecule has 0 unspecified atom stereocenters. The third-order valence-corrected chi connectivity index (χ3v) is 5.19. The Bertz CT molecular complexity index is 1100. The number of carbonyl (C=O) groups excluding carboxylic acids is 4. The Morgan fingerprint density at radius 2 is 1.75 bits per heavy atom. The number of Topliss-reactive ketones (excluding diaryl/α,β-unsaturated/α-hetero) is 1. The van der Waals surface area contributed by atoms with Crippen molar-refractivity contribution in [1.29, 1.82) is 0 Å². The van der Waals surface area contributed by atoms with Gasteiger partial charge in [-0.2, -0.15) is 0 Å². The van der Waals surface area contributed by atoms with Gasteiger partial charge in [-0.05, 0) is 54.4 Å². The van der Waals surface area contributed by atoms with Gasteiger partial charge in [-0.15, -0.1) is 11.3 Å². The molecule has 0 bridgehead atoms. The average Bonchev–Trinajstić information content (AvgIpc) is 3.44.